The van der Waals surface area contributed by atoms with Crippen LogP contribution in [0.15, 0.2) is 10.9 Å². The molecular formula is C8H12F3N3O. The lowest BCUT2D eigenvalue weighted by molar-refractivity contribution is -0.135. The zero-order valence-electron chi connectivity index (χ0n) is 8.05. The van der Waals surface area contributed by atoms with Crippen molar-refractivity contribution < 1.29 is 17.7 Å². The molecule has 7 heteroatoms. The normalized spacial score (nSPS) is 11.9. The second-order valence-electron chi connectivity index (χ2n) is 3.07. The Kier molecular flexibility index (Phi) is 4.54. The summed E-state index contributed by atoms with van der Waals surface area (Å²) < 4.78 is 39.7. The van der Waals surface area contributed by atoms with E-state index in [0.717, 1.165) is 0 Å². The van der Waals surface area contributed by atoms with Crippen molar-refractivity contribution in [3.05, 3.63) is 12.2 Å². The second-order valence-corrected chi connectivity index (χ2v) is 3.07. The first-order chi connectivity index (χ1) is 7.08. The third-order valence-electron chi connectivity index (χ3n) is 1.75. The fourth-order valence-electron chi connectivity index (χ4n) is 1.04. The lowest BCUT2D eigenvalue weighted by Gasteiger charge is -2.06. The molecule has 0 amide bonds. The van der Waals surface area contributed by atoms with Gasteiger partial charge in [-0.15, -0.1) is 0 Å². The van der Waals surface area contributed by atoms with Crippen molar-refractivity contribution in [1.82, 2.24) is 15.5 Å². The maximum atomic E-state index is 11.7. The highest BCUT2D eigenvalue weighted by molar-refractivity contribution is 4.78. The molecule has 0 aliphatic carbocycles. The molecule has 0 radical (unpaired) electrons. The molecule has 0 aliphatic heterocycles. The third kappa shape index (κ3) is 6.05. The quantitative estimate of drug-likeness (QED) is 0.743. The summed E-state index contributed by atoms with van der Waals surface area (Å²) in [4.78, 5) is 3.78. The highest BCUT2D eigenvalue weighted by atomic mass is 19.4. The summed E-state index contributed by atoms with van der Waals surface area (Å²) in [6, 6.07) is 0. The van der Waals surface area contributed by atoms with Crippen LogP contribution >= 0.6 is 0 Å². The van der Waals surface area contributed by atoms with E-state index in [-0.39, 0.29) is 6.42 Å². The van der Waals surface area contributed by atoms with Gasteiger partial charge in [0.25, 0.3) is 0 Å². The number of hydrogen-bond acceptors (Lipinski definition) is 4. The summed E-state index contributed by atoms with van der Waals surface area (Å²) in [5.74, 6) is 0.554. The zero-order chi connectivity index (χ0) is 11.1. The molecule has 0 fully saturated rings. The van der Waals surface area contributed by atoms with Crippen molar-refractivity contribution in [2.45, 2.75) is 25.4 Å². The predicted octanol–water partition coefficient (Wildman–Crippen LogP) is 1.54. The maximum absolute atomic E-state index is 11.7. The maximum Gasteiger partial charge on any atom is 0.389 e. The molecule has 0 bridgehead atoms. The molecule has 0 unspecified atom stereocenters. The lowest BCUT2D eigenvalue weighted by atomic mass is 10.3. The SMILES string of the molecule is FC(F)(F)CCCNCCc1ncon1. The van der Waals surface area contributed by atoms with Gasteiger partial charge >= 0.3 is 6.18 Å². The largest absolute Gasteiger partial charge is 0.389 e. The summed E-state index contributed by atoms with van der Waals surface area (Å²) in [7, 11) is 0. The smallest absolute Gasteiger partial charge is 0.343 e. The van der Waals surface area contributed by atoms with Crippen molar-refractivity contribution in [3.8, 4) is 0 Å². The van der Waals surface area contributed by atoms with E-state index in [1.807, 2.05) is 0 Å². The van der Waals surface area contributed by atoms with E-state index in [1.54, 1.807) is 0 Å². The molecule has 1 aromatic heterocycles. The molecule has 15 heavy (non-hydrogen) atoms. The van der Waals surface area contributed by atoms with Crippen LogP contribution in [-0.2, 0) is 6.42 Å². The van der Waals surface area contributed by atoms with Crippen LogP contribution in [0.5, 0.6) is 0 Å². The van der Waals surface area contributed by atoms with Gasteiger partial charge < -0.3 is 9.84 Å². The molecule has 1 aromatic rings. The molecule has 4 nitrogen and oxygen atoms in total. The van der Waals surface area contributed by atoms with Gasteiger partial charge in [0.15, 0.2) is 5.82 Å². The lowest BCUT2D eigenvalue weighted by Crippen LogP contribution is -2.20. The fraction of sp³-hybridized carbons (Fsp3) is 0.750. The Morgan fingerprint density at radius 2 is 2.13 bits per heavy atom. The second kappa shape index (κ2) is 5.69. The molecule has 1 N–H and O–H groups in total. The number of aromatic nitrogens is 2. The standard InChI is InChI=1S/C8H12F3N3O/c9-8(10,11)3-1-4-12-5-2-7-13-6-15-14-7/h6,12H,1-5H2. The molecule has 0 saturated heterocycles. The van der Waals surface area contributed by atoms with Gasteiger partial charge in [-0.3, -0.25) is 0 Å². The van der Waals surface area contributed by atoms with Crippen molar-refractivity contribution in [2.24, 2.45) is 0 Å². The van der Waals surface area contributed by atoms with E-state index in [2.05, 4.69) is 20.0 Å². The molecule has 1 rings (SSSR count). The number of rotatable bonds is 6. The first-order valence-corrected chi connectivity index (χ1v) is 4.60. The number of nitrogens with one attached hydrogen (secondary N) is 1. The molecule has 0 atom stereocenters. The van der Waals surface area contributed by atoms with Gasteiger partial charge in [0, 0.05) is 19.4 Å². The monoisotopic (exact) mass is 223 g/mol. The van der Waals surface area contributed by atoms with Crippen LogP contribution < -0.4 is 5.32 Å². The minimum Gasteiger partial charge on any atom is -0.343 e. The van der Waals surface area contributed by atoms with Gasteiger partial charge in [-0.2, -0.15) is 18.2 Å². The van der Waals surface area contributed by atoms with Gasteiger partial charge in [-0.25, -0.2) is 0 Å². The molecule has 0 saturated carbocycles. The van der Waals surface area contributed by atoms with E-state index in [0.29, 0.717) is 25.3 Å². The first kappa shape index (κ1) is 12.0. The zero-order valence-corrected chi connectivity index (χ0v) is 8.05. The molecule has 0 spiro atoms. The van der Waals surface area contributed by atoms with Gasteiger partial charge in [-0.1, -0.05) is 5.16 Å². The van der Waals surface area contributed by atoms with Crippen LogP contribution in [0.4, 0.5) is 13.2 Å². The van der Waals surface area contributed by atoms with E-state index in [4.69, 9.17) is 0 Å². The summed E-state index contributed by atoms with van der Waals surface area (Å²) in [5.41, 5.74) is 0. The Morgan fingerprint density at radius 1 is 1.33 bits per heavy atom. The van der Waals surface area contributed by atoms with Crippen LogP contribution in [0.2, 0.25) is 0 Å². The van der Waals surface area contributed by atoms with Crippen LogP contribution in [0.1, 0.15) is 18.7 Å². The number of nitrogens with zero attached hydrogens (tertiary/aromatic N) is 2. The Bertz CT molecular complexity index is 261. The minimum atomic E-state index is -4.06. The molecule has 0 aromatic carbocycles. The van der Waals surface area contributed by atoms with Gasteiger partial charge in [0.05, 0.1) is 0 Å². The fourth-order valence-corrected chi connectivity index (χ4v) is 1.04. The average molecular weight is 223 g/mol. The first-order valence-electron chi connectivity index (χ1n) is 4.60. The van der Waals surface area contributed by atoms with Crippen molar-refractivity contribution >= 4 is 0 Å². The summed E-state index contributed by atoms with van der Waals surface area (Å²) in [6.45, 7) is 0.898. The Balaban J connectivity index is 1.94. The van der Waals surface area contributed by atoms with Crippen LogP contribution in [-0.4, -0.2) is 29.4 Å². The van der Waals surface area contributed by atoms with Crippen LogP contribution in [0.3, 0.4) is 0 Å². The van der Waals surface area contributed by atoms with E-state index in [9.17, 15) is 13.2 Å². The molecule has 86 valence electrons. The van der Waals surface area contributed by atoms with Gasteiger partial charge in [-0.05, 0) is 13.0 Å². The van der Waals surface area contributed by atoms with Crippen molar-refractivity contribution in [2.75, 3.05) is 13.1 Å². The van der Waals surface area contributed by atoms with E-state index >= 15 is 0 Å². The highest BCUT2D eigenvalue weighted by Gasteiger charge is 2.25. The molecular weight excluding hydrogens is 211 g/mol. The van der Waals surface area contributed by atoms with Crippen molar-refractivity contribution in [1.29, 1.82) is 0 Å². The number of alkyl halides is 3. The number of halogens is 3. The van der Waals surface area contributed by atoms with E-state index in [1.165, 1.54) is 6.39 Å². The number of hydrogen-bond donors (Lipinski definition) is 1. The summed E-state index contributed by atoms with van der Waals surface area (Å²) in [6.07, 6.45) is -2.94. The van der Waals surface area contributed by atoms with Gasteiger partial charge in [0.1, 0.15) is 0 Å². The minimum absolute atomic E-state index is 0.0930. The summed E-state index contributed by atoms with van der Waals surface area (Å²) >= 11 is 0. The van der Waals surface area contributed by atoms with E-state index < -0.39 is 12.6 Å². The average Bonchev–Trinajstić information content (AvgIpc) is 2.61. The van der Waals surface area contributed by atoms with Crippen LogP contribution in [0.25, 0.3) is 0 Å². The van der Waals surface area contributed by atoms with Crippen molar-refractivity contribution in [3.63, 3.8) is 0 Å². The molecule has 0 aliphatic rings. The van der Waals surface area contributed by atoms with Crippen LogP contribution in [0, 0.1) is 0 Å². The third-order valence-corrected chi connectivity index (χ3v) is 1.75. The Labute approximate surface area is 84.9 Å². The highest BCUT2D eigenvalue weighted by Crippen LogP contribution is 2.20. The Morgan fingerprint density at radius 3 is 2.73 bits per heavy atom. The van der Waals surface area contributed by atoms with Gasteiger partial charge in [0.2, 0.25) is 6.39 Å². The summed E-state index contributed by atoms with van der Waals surface area (Å²) in [5, 5.41) is 6.44. The molecule has 1 heterocycles. The predicted molar refractivity (Wildman–Crippen MR) is 46.2 cm³/mol. The Hall–Kier alpha value is -1.11. The topological polar surface area (TPSA) is 51.0 Å².